The first kappa shape index (κ1) is 9.22. The van der Waals surface area contributed by atoms with Gasteiger partial charge in [0.1, 0.15) is 0 Å². The van der Waals surface area contributed by atoms with E-state index in [2.05, 4.69) is 23.7 Å². The van der Waals surface area contributed by atoms with Crippen molar-refractivity contribution in [2.45, 2.75) is 38.6 Å². The van der Waals surface area contributed by atoms with Crippen molar-refractivity contribution in [2.24, 2.45) is 0 Å². The second-order valence-electron chi connectivity index (χ2n) is 3.88. The van der Waals surface area contributed by atoms with E-state index in [0.717, 1.165) is 0 Å². The topological polar surface area (TPSA) is 12.0 Å². The van der Waals surface area contributed by atoms with Gasteiger partial charge in [0.2, 0.25) is 0 Å². The predicted octanol–water partition coefficient (Wildman–Crippen LogP) is 3.26. The van der Waals surface area contributed by atoms with Crippen molar-refractivity contribution in [2.75, 3.05) is 6.54 Å². The van der Waals surface area contributed by atoms with Crippen LogP contribution in [0.15, 0.2) is 11.4 Å². The molecule has 1 N–H and O–H groups in total. The van der Waals surface area contributed by atoms with Gasteiger partial charge in [0.15, 0.2) is 0 Å². The highest BCUT2D eigenvalue weighted by molar-refractivity contribution is 7.10. The van der Waals surface area contributed by atoms with Gasteiger partial charge in [-0.05, 0) is 43.3 Å². The van der Waals surface area contributed by atoms with Crippen LogP contribution in [0.5, 0.6) is 0 Å². The van der Waals surface area contributed by atoms with Crippen LogP contribution in [0, 0.1) is 6.92 Å². The summed E-state index contributed by atoms with van der Waals surface area (Å²) in [5, 5.41) is 5.87. The van der Waals surface area contributed by atoms with Gasteiger partial charge in [-0.2, -0.15) is 0 Å². The summed E-state index contributed by atoms with van der Waals surface area (Å²) in [6.45, 7) is 3.37. The normalized spacial score (nSPS) is 24.2. The fraction of sp³-hybridized carbons (Fsp3) is 0.636. The van der Waals surface area contributed by atoms with Crippen LogP contribution >= 0.6 is 11.3 Å². The molecule has 0 saturated carbocycles. The summed E-state index contributed by atoms with van der Waals surface area (Å²) in [5.74, 6) is 0. The Kier molecular flexibility index (Phi) is 3.01. The molecular formula is C11H17NS. The molecular weight excluding hydrogens is 178 g/mol. The van der Waals surface area contributed by atoms with Gasteiger partial charge in [-0.15, -0.1) is 11.3 Å². The first-order valence-corrected chi connectivity index (χ1v) is 6.02. The molecule has 0 spiro atoms. The fourth-order valence-corrected chi connectivity index (χ4v) is 2.92. The fourth-order valence-electron chi connectivity index (χ4n) is 1.91. The Morgan fingerprint density at radius 1 is 1.38 bits per heavy atom. The van der Waals surface area contributed by atoms with Gasteiger partial charge in [-0.3, -0.25) is 0 Å². The molecule has 1 aliphatic rings. The highest BCUT2D eigenvalue weighted by atomic mass is 32.1. The Morgan fingerprint density at radius 2 is 2.31 bits per heavy atom. The average Bonchev–Trinajstić information content (AvgIpc) is 2.43. The first-order valence-electron chi connectivity index (χ1n) is 5.15. The minimum absolute atomic E-state index is 0.640. The zero-order valence-corrected chi connectivity index (χ0v) is 8.99. The second kappa shape index (κ2) is 4.25. The molecule has 1 fully saturated rings. The number of nitrogens with one attached hydrogen (secondary N) is 1. The molecule has 72 valence electrons. The molecule has 1 aromatic rings. The van der Waals surface area contributed by atoms with E-state index >= 15 is 0 Å². The third kappa shape index (κ3) is 2.32. The third-order valence-corrected chi connectivity index (χ3v) is 3.82. The van der Waals surface area contributed by atoms with Crippen LogP contribution in [0.2, 0.25) is 0 Å². The summed E-state index contributed by atoms with van der Waals surface area (Å²) < 4.78 is 0. The monoisotopic (exact) mass is 195 g/mol. The zero-order chi connectivity index (χ0) is 9.10. The van der Waals surface area contributed by atoms with Crippen LogP contribution in [0.25, 0.3) is 0 Å². The van der Waals surface area contributed by atoms with E-state index in [0.29, 0.717) is 6.04 Å². The Labute approximate surface area is 84.2 Å². The highest BCUT2D eigenvalue weighted by Crippen LogP contribution is 2.27. The standard InChI is InChI=1S/C11H17NS/c1-9-7-11(13-8-9)10-5-3-2-4-6-12-10/h7-8,10,12H,2-6H2,1H3. The molecule has 1 aliphatic heterocycles. The molecule has 2 heterocycles. The molecule has 0 radical (unpaired) electrons. The lowest BCUT2D eigenvalue weighted by molar-refractivity contribution is 0.543. The highest BCUT2D eigenvalue weighted by Gasteiger charge is 2.14. The van der Waals surface area contributed by atoms with E-state index in [9.17, 15) is 0 Å². The quantitative estimate of drug-likeness (QED) is 0.725. The average molecular weight is 195 g/mol. The predicted molar refractivity (Wildman–Crippen MR) is 58.3 cm³/mol. The lowest BCUT2D eigenvalue weighted by Gasteiger charge is -2.13. The van der Waals surface area contributed by atoms with Gasteiger partial charge in [0.25, 0.3) is 0 Å². The molecule has 2 heteroatoms. The summed E-state index contributed by atoms with van der Waals surface area (Å²) in [6.07, 6.45) is 5.45. The van der Waals surface area contributed by atoms with Crippen molar-refractivity contribution in [1.29, 1.82) is 0 Å². The van der Waals surface area contributed by atoms with E-state index in [1.54, 1.807) is 0 Å². The van der Waals surface area contributed by atoms with Crippen LogP contribution in [0.4, 0.5) is 0 Å². The molecule has 0 bridgehead atoms. The van der Waals surface area contributed by atoms with Crippen LogP contribution in [-0.2, 0) is 0 Å². The number of aryl methyl sites for hydroxylation is 1. The van der Waals surface area contributed by atoms with E-state index in [1.807, 2.05) is 11.3 Å². The van der Waals surface area contributed by atoms with Crippen molar-refractivity contribution in [3.05, 3.63) is 21.9 Å². The molecule has 1 saturated heterocycles. The Morgan fingerprint density at radius 3 is 3.08 bits per heavy atom. The molecule has 1 nitrogen and oxygen atoms in total. The van der Waals surface area contributed by atoms with Gasteiger partial charge >= 0.3 is 0 Å². The molecule has 0 aromatic carbocycles. The van der Waals surface area contributed by atoms with Gasteiger partial charge in [0.05, 0.1) is 0 Å². The minimum Gasteiger partial charge on any atom is -0.309 e. The summed E-state index contributed by atoms with van der Waals surface area (Å²) >= 11 is 1.90. The van der Waals surface area contributed by atoms with Gasteiger partial charge in [0, 0.05) is 10.9 Å². The maximum atomic E-state index is 3.62. The number of hydrogen-bond acceptors (Lipinski definition) is 2. The molecule has 2 rings (SSSR count). The number of hydrogen-bond donors (Lipinski definition) is 1. The van der Waals surface area contributed by atoms with Crippen LogP contribution < -0.4 is 5.32 Å². The van der Waals surface area contributed by atoms with Gasteiger partial charge < -0.3 is 5.32 Å². The third-order valence-electron chi connectivity index (χ3n) is 2.65. The van der Waals surface area contributed by atoms with Crippen molar-refractivity contribution in [3.8, 4) is 0 Å². The Hall–Kier alpha value is -0.340. The van der Waals surface area contributed by atoms with E-state index < -0.39 is 0 Å². The van der Waals surface area contributed by atoms with Gasteiger partial charge in [-0.1, -0.05) is 12.8 Å². The van der Waals surface area contributed by atoms with E-state index in [-0.39, 0.29) is 0 Å². The van der Waals surface area contributed by atoms with Crippen LogP contribution in [0.3, 0.4) is 0 Å². The molecule has 13 heavy (non-hydrogen) atoms. The second-order valence-corrected chi connectivity index (χ2v) is 4.83. The smallest absolute Gasteiger partial charge is 0.0414 e. The van der Waals surface area contributed by atoms with Crippen molar-refractivity contribution in [3.63, 3.8) is 0 Å². The van der Waals surface area contributed by atoms with Crippen molar-refractivity contribution >= 4 is 11.3 Å². The van der Waals surface area contributed by atoms with E-state index in [1.165, 1.54) is 42.7 Å². The molecule has 1 aromatic heterocycles. The largest absolute Gasteiger partial charge is 0.309 e. The first-order chi connectivity index (χ1) is 6.36. The summed E-state index contributed by atoms with van der Waals surface area (Å²) in [5.41, 5.74) is 1.41. The van der Waals surface area contributed by atoms with Gasteiger partial charge in [-0.25, -0.2) is 0 Å². The summed E-state index contributed by atoms with van der Waals surface area (Å²) in [4.78, 5) is 1.53. The molecule has 1 unspecified atom stereocenters. The van der Waals surface area contributed by atoms with Crippen LogP contribution in [0.1, 0.15) is 42.2 Å². The maximum absolute atomic E-state index is 3.62. The Balaban J connectivity index is 2.06. The zero-order valence-electron chi connectivity index (χ0n) is 8.18. The van der Waals surface area contributed by atoms with Crippen molar-refractivity contribution < 1.29 is 0 Å². The SMILES string of the molecule is Cc1csc(C2CCCCCN2)c1. The number of thiophene rings is 1. The summed E-state index contributed by atoms with van der Waals surface area (Å²) in [6, 6.07) is 2.97. The van der Waals surface area contributed by atoms with E-state index in [4.69, 9.17) is 0 Å². The molecule has 0 aliphatic carbocycles. The van der Waals surface area contributed by atoms with Crippen LogP contribution in [-0.4, -0.2) is 6.54 Å². The lowest BCUT2D eigenvalue weighted by Crippen LogP contribution is -2.19. The summed E-state index contributed by atoms with van der Waals surface area (Å²) in [7, 11) is 0. The molecule has 1 atom stereocenters. The lowest BCUT2D eigenvalue weighted by atomic mass is 10.1. The molecule has 0 amide bonds. The number of rotatable bonds is 1. The Bertz CT molecular complexity index is 259. The van der Waals surface area contributed by atoms with Crippen molar-refractivity contribution in [1.82, 2.24) is 5.32 Å². The minimum atomic E-state index is 0.640. The maximum Gasteiger partial charge on any atom is 0.0414 e.